The van der Waals surface area contributed by atoms with Crippen LogP contribution in [0.3, 0.4) is 0 Å². The maximum Gasteiger partial charge on any atom is 0.315 e. The SMILES string of the molecule is CCC(CC)C(C)NC(=O)NCC1(C(=O)O)CCOCC1. The molecule has 1 atom stereocenters. The lowest BCUT2D eigenvalue weighted by Crippen LogP contribution is -2.51. The van der Waals surface area contributed by atoms with E-state index in [1.54, 1.807) is 0 Å². The van der Waals surface area contributed by atoms with Crippen LogP contribution in [0, 0.1) is 11.3 Å². The van der Waals surface area contributed by atoms with Gasteiger partial charge < -0.3 is 20.5 Å². The molecule has 2 amide bonds. The van der Waals surface area contributed by atoms with E-state index in [0.717, 1.165) is 12.8 Å². The third-order valence-corrected chi connectivity index (χ3v) is 4.61. The summed E-state index contributed by atoms with van der Waals surface area (Å²) in [5, 5.41) is 15.0. The molecule has 1 saturated heterocycles. The second-order valence-electron chi connectivity index (χ2n) is 5.89. The summed E-state index contributed by atoms with van der Waals surface area (Å²) in [6.07, 6.45) is 2.89. The third-order valence-electron chi connectivity index (χ3n) is 4.61. The molecule has 0 bridgehead atoms. The number of aliphatic carboxylic acids is 1. The van der Waals surface area contributed by atoms with Crippen molar-refractivity contribution < 1.29 is 19.4 Å². The number of hydrogen-bond donors (Lipinski definition) is 3. The number of carboxylic acids is 1. The topological polar surface area (TPSA) is 87.7 Å². The van der Waals surface area contributed by atoms with E-state index in [-0.39, 0.29) is 18.6 Å². The molecule has 122 valence electrons. The van der Waals surface area contributed by atoms with Crippen LogP contribution < -0.4 is 10.6 Å². The van der Waals surface area contributed by atoms with Crippen molar-refractivity contribution in [2.24, 2.45) is 11.3 Å². The second-order valence-corrected chi connectivity index (χ2v) is 5.89. The summed E-state index contributed by atoms with van der Waals surface area (Å²) < 4.78 is 5.22. The lowest BCUT2D eigenvalue weighted by atomic mass is 9.80. The summed E-state index contributed by atoms with van der Waals surface area (Å²) >= 11 is 0. The van der Waals surface area contributed by atoms with Crippen LogP contribution in [0.4, 0.5) is 4.79 Å². The summed E-state index contributed by atoms with van der Waals surface area (Å²) in [5.41, 5.74) is -0.895. The molecule has 0 aromatic heterocycles. The molecule has 1 unspecified atom stereocenters. The molecule has 21 heavy (non-hydrogen) atoms. The van der Waals surface area contributed by atoms with Crippen LogP contribution in [-0.4, -0.2) is 42.9 Å². The van der Waals surface area contributed by atoms with Gasteiger partial charge in [0, 0.05) is 25.8 Å². The Morgan fingerprint density at radius 3 is 2.29 bits per heavy atom. The van der Waals surface area contributed by atoms with Crippen LogP contribution in [-0.2, 0) is 9.53 Å². The summed E-state index contributed by atoms with van der Waals surface area (Å²) in [4.78, 5) is 23.4. The lowest BCUT2D eigenvalue weighted by molar-refractivity contribution is -0.154. The Morgan fingerprint density at radius 2 is 1.81 bits per heavy atom. The molecule has 0 saturated carbocycles. The van der Waals surface area contributed by atoms with Gasteiger partial charge in [0.1, 0.15) is 0 Å². The van der Waals surface area contributed by atoms with E-state index in [2.05, 4.69) is 24.5 Å². The summed E-state index contributed by atoms with van der Waals surface area (Å²) in [7, 11) is 0. The Bertz CT molecular complexity index is 350. The number of urea groups is 1. The van der Waals surface area contributed by atoms with Gasteiger partial charge in [-0.2, -0.15) is 0 Å². The van der Waals surface area contributed by atoms with Gasteiger partial charge >= 0.3 is 12.0 Å². The summed E-state index contributed by atoms with van der Waals surface area (Å²) in [6, 6.07) is -0.211. The van der Waals surface area contributed by atoms with Crippen molar-refractivity contribution in [2.75, 3.05) is 19.8 Å². The van der Waals surface area contributed by atoms with Gasteiger partial charge in [-0.3, -0.25) is 4.79 Å². The number of carbonyl (C=O) groups is 2. The van der Waals surface area contributed by atoms with Crippen molar-refractivity contribution in [2.45, 2.75) is 52.5 Å². The van der Waals surface area contributed by atoms with Gasteiger partial charge in [-0.15, -0.1) is 0 Å². The molecular weight excluding hydrogens is 272 g/mol. The Kier molecular flexibility index (Phi) is 6.95. The number of carboxylic acid groups (broad SMARTS) is 1. The minimum Gasteiger partial charge on any atom is -0.481 e. The minimum atomic E-state index is -0.895. The van der Waals surface area contributed by atoms with Crippen LogP contribution in [0.5, 0.6) is 0 Å². The molecule has 1 fully saturated rings. The van der Waals surface area contributed by atoms with E-state index in [1.807, 2.05) is 6.92 Å². The van der Waals surface area contributed by atoms with Crippen molar-refractivity contribution in [3.05, 3.63) is 0 Å². The molecule has 0 aliphatic carbocycles. The molecule has 6 heteroatoms. The minimum absolute atomic E-state index is 0.0791. The van der Waals surface area contributed by atoms with Crippen molar-refractivity contribution in [3.63, 3.8) is 0 Å². The Hall–Kier alpha value is -1.30. The van der Waals surface area contributed by atoms with Crippen LogP contribution in [0.25, 0.3) is 0 Å². The molecular formula is C15H28N2O4. The number of amides is 2. The molecule has 1 aliphatic rings. The van der Waals surface area contributed by atoms with Crippen LogP contribution in [0.1, 0.15) is 46.5 Å². The van der Waals surface area contributed by atoms with Gasteiger partial charge in [0.2, 0.25) is 0 Å². The second kappa shape index (κ2) is 8.22. The van der Waals surface area contributed by atoms with Crippen molar-refractivity contribution >= 4 is 12.0 Å². The molecule has 3 N–H and O–H groups in total. The van der Waals surface area contributed by atoms with Crippen molar-refractivity contribution in [1.82, 2.24) is 10.6 Å². The third kappa shape index (κ3) is 4.88. The van der Waals surface area contributed by atoms with Gasteiger partial charge in [-0.25, -0.2) is 4.79 Å². The highest BCUT2D eigenvalue weighted by atomic mass is 16.5. The predicted molar refractivity (Wildman–Crippen MR) is 80.2 cm³/mol. The van der Waals surface area contributed by atoms with E-state index >= 15 is 0 Å². The van der Waals surface area contributed by atoms with Crippen LogP contribution in [0.2, 0.25) is 0 Å². The average Bonchev–Trinajstić information content (AvgIpc) is 2.47. The van der Waals surface area contributed by atoms with Gasteiger partial charge in [-0.05, 0) is 25.7 Å². The number of carbonyl (C=O) groups excluding carboxylic acids is 1. The lowest BCUT2D eigenvalue weighted by Gasteiger charge is -2.33. The number of nitrogens with one attached hydrogen (secondary N) is 2. The molecule has 1 aliphatic heterocycles. The normalized spacial score (nSPS) is 19.0. The monoisotopic (exact) mass is 300 g/mol. The maximum atomic E-state index is 12.0. The fraction of sp³-hybridized carbons (Fsp3) is 0.867. The quantitative estimate of drug-likeness (QED) is 0.671. The smallest absolute Gasteiger partial charge is 0.315 e. The van der Waals surface area contributed by atoms with E-state index in [4.69, 9.17) is 4.74 Å². The summed E-state index contributed by atoms with van der Waals surface area (Å²) in [6.45, 7) is 7.20. The molecule has 1 heterocycles. The predicted octanol–water partition coefficient (Wildman–Crippen LogP) is 1.99. The largest absolute Gasteiger partial charge is 0.481 e. The van der Waals surface area contributed by atoms with E-state index in [1.165, 1.54) is 0 Å². The van der Waals surface area contributed by atoms with Crippen molar-refractivity contribution in [1.29, 1.82) is 0 Å². The Balaban J connectivity index is 2.48. The first-order chi connectivity index (χ1) is 9.95. The zero-order valence-electron chi connectivity index (χ0n) is 13.3. The molecule has 6 nitrogen and oxygen atoms in total. The Labute approximate surface area is 126 Å². The number of hydrogen-bond acceptors (Lipinski definition) is 3. The highest BCUT2D eigenvalue weighted by Gasteiger charge is 2.40. The standard InChI is InChI=1S/C15H28N2O4/c1-4-12(5-2)11(3)17-14(20)16-10-15(13(18)19)6-8-21-9-7-15/h11-12H,4-10H2,1-3H3,(H,18,19)(H2,16,17,20). The van der Waals surface area contributed by atoms with Crippen molar-refractivity contribution in [3.8, 4) is 0 Å². The van der Waals surface area contributed by atoms with E-state index in [9.17, 15) is 14.7 Å². The highest BCUT2D eigenvalue weighted by Crippen LogP contribution is 2.30. The van der Waals surface area contributed by atoms with Crippen LogP contribution >= 0.6 is 0 Å². The zero-order chi connectivity index (χ0) is 15.9. The zero-order valence-corrected chi connectivity index (χ0v) is 13.3. The average molecular weight is 300 g/mol. The van der Waals surface area contributed by atoms with E-state index < -0.39 is 11.4 Å². The van der Waals surface area contributed by atoms with Crippen LogP contribution in [0.15, 0.2) is 0 Å². The fourth-order valence-corrected chi connectivity index (χ4v) is 2.85. The first-order valence-electron chi connectivity index (χ1n) is 7.80. The molecule has 0 aromatic rings. The van der Waals surface area contributed by atoms with E-state index in [0.29, 0.717) is 32.0 Å². The molecule has 1 rings (SSSR count). The molecule has 0 aromatic carbocycles. The number of rotatable bonds is 7. The first kappa shape index (κ1) is 17.8. The van der Waals surface area contributed by atoms with Gasteiger partial charge in [-0.1, -0.05) is 26.7 Å². The van der Waals surface area contributed by atoms with Gasteiger partial charge in [0.25, 0.3) is 0 Å². The first-order valence-corrected chi connectivity index (χ1v) is 7.80. The number of ether oxygens (including phenoxy) is 1. The van der Waals surface area contributed by atoms with Gasteiger partial charge in [0.15, 0.2) is 0 Å². The van der Waals surface area contributed by atoms with Gasteiger partial charge in [0.05, 0.1) is 5.41 Å². The summed E-state index contributed by atoms with van der Waals surface area (Å²) in [5.74, 6) is -0.425. The highest BCUT2D eigenvalue weighted by molar-refractivity contribution is 5.78. The Morgan fingerprint density at radius 1 is 1.24 bits per heavy atom. The maximum absolute atomic E-state index is 12.0. The molecule has 0 radical (unpaired) electrons. The molecule has 0 spiro atoms. The fourth-order valence-electron chi connectivity index (χ4n) is 2.85.